The minimum absolute atomic E-state index is 0. The summed E-state index contributed by atoms with van der Waals surface area (Å²) in [6, 6.07) is 17.9. The minimum Gasteiger partial charge on any atom is -0.496 e. The Bertz CT molecular complexity index is 990. The summed E-state index contributed by atoms with van der Waals surface area (Å²) >= 11 is 0. The quantitative estimate of drug-likeness (QED) is 0.674. The molecule has 0 aliphatic carbocycles. The van der Waals surface area contributed by atoms with Gasteiger partial charge < -0.3 is 15.0 Å². The van der Waals surface area contributed by atoms with Gasteiger partial charge in [0.1, 0.15) is 11.4 Å². The van der Waals surface area contributed by atoms with Crippen LogP contribution in [0.3, 0.4) is 0 Å². The highest BCUT2D eigenvalue weighted by atomic mass is 35.5. The second-order valence-electron chi connectivity index (χ2n) is 7.25. The first-order valence-electron chi connectivity index (χ1n) is 9.96. The summed E-state index contributed by atoms with van der Waals surface area (Å²) in [5.41, 5.74) is 2.96. The van der Waals surface area contributed by atoms with E-state index in [1.807, 2.05) is 72.7 Å². The number of piperidine rings is 1. The van der Waals surface area contributed by atoms with E-state index >= 15 is 0 Å². The molecule has 1 aliphatic rings. The SMILES string of the molecule is CNC1CCCN(C(=O)c2cn(-c3ccccc3)nc2-c2ccccc2OC)C1.Cl. The number of nitrogens with one attached hydrogen (secondary N) is 1. The number of carbonyl (C=O) groups excluding carboxylic acids is 1. The predicted molar refractivity (Wildman–Crippen MR) is 121 cm³/mol. The number of ether oxygens (including phenoxy) is 1. The Labute approximate surface area is 183 Å². The average Bonchev–Trinajstić information content (AvgIpc) is 3.24. The number of methoxy groups -OCH3 is 1. The smallest absolute Gasteiger partial charge is 0.257 e. The topological polar surface area (TPSA) is 59.4 Å². The molecule has 2 heterocycles. The van der Waals surface area contributed by atoms with Gasteiger partial charge in [-0.1, -0.05) is 30.3 Å². The Kier molecular flexibility index (Phi) is 7.13. The number of para-hydroxylation sites is 2. The fourth-order valence-corrected chi connectivity index (χ4v) is 3.85. The lowest BCUT2D eigenvalue weighted by Gasteiger charge is -2.32. The molecular weight excluding hydrogens is 400 g/mol. The predicted octanol–water partition coefficient (Wildman–Crippen LogP) is 3.79. The lowest BCUT2D eigenvalue weighted by molar-refractivity contribution is 0.0699. The molecule has 1 saturated heterocycles. The third-order valence-electron chi connectivity index (χ3n) is 5.44. The fourth-order valence-electron chi connectivity index (χ4n) is 3.85. The summed E-state index contributed by atoms with van der Waals surface area (Å²) in [7, 11) is 3.59. The molecule has 1 unspecified atom stereocenters. The van der Waals surface area contributed by atoms with Crippen molar-refractivity contribution >= 4 is 18.3 Å². The molecule has 1 aromatic heterocycles. The van der Waals surface area contributed by atoms with Crippen LogP contribution < -0.4 is 10.1 Å². The van der Waals surface area contributed by atoms with E-state index in [1.165, 1.54) is 0 Å². The molecule has 0 bridgehead atoms. The fraction of sp³-hybridized carbons (Fsp3) is 0.304. The van der Waals surface area contributed by atoms with E-state index in [4.69, 9.17) is 9.84 Å². The number of benzene rings is 2. The third-order valence-corrected chi connectivity index (χ3v) is 5.44. The second kappa shape index (κ2) is 9.78. The zero-order valence-corrected chi connectivity index (χ0v) is 18.1. The van der Waals surface area contributed by atoms with Crippen LogP contribution in [-0.4, -0.2) is 53.9 Å². The van der Waals surface area contributed by atoms with Gasteiger partial charge in [-0.05, 0) is 44.2 Å². The van der Waals surface area contributed by atoms with E-state index < -0.39 is 0 Å². The standard InChI is InChI=1S/C23H26N4O2.ClH/c1-24-17-9-8-14-26(15-17)23(28)20-16-27(18-10-4-3-5-11-18)25-22(20)19-12-6-7-13-21(19)29-2;/h3-7,10-13,16-17,24H,8-9,14-15H2,1-2H3;1H. The first-order valence-corrected chi connectivity index (χ1v) is 9.96. The molecule has 1 fully saturated rings. The number of hydrogen-bond acceptors (Lipinski definition) is 4. The van der Waals surface area contributed by atoms with Crippen LogP contribution in [0.15, 0.2) is 60.8 Å². The minimum atomic E-state index is 0. The molecule has 1 atom stereocenters. The highest BCUT2D eigenvalue weighted by Gasteiger charge is 2.28. The van der Waals surface area contributed by atoms with Gasteiger partial charge in [0.25, 0.3) is 5.91 Å². The summed E-state index contributed by atoms with van der Waals surface area (Å²) < 4.78 is 7.32. The van der Waals surface area contributed by atoms with Crippen molar-refractivity contribution in [3.8, 4) is 22.7 Å². The Morgan fingerprint density at radius 1 is 1.13 bits per heavy atom. The van der Waals surface area contributed by atoms with Crippen molar-refractivity contribution in [2.45, 2.75) is 18.9 Å². The Morgan fingerprint density at radius 2 is 1.87 bits per heavy atom. The number of halogens is 1. The molecule has 1 N–H and O–H groups in total. The summed E-state index contributed by atoms with van der Waals surface area (Å²) in [6.45, 7) is 1.47. The normalized spacial score (nSPS) is 16.1. The van der Waals surface area contributed by atoms with E-state index in [2.05, 4.69) is 5.32 Å². The molecule has 7 heteroatoms. The number of nitrogens with zero attached hydrogens (tertiary/aromatic N) is 3. The first-order chi connectivity index (χ1) is 14.2. The van der Waals surface area contributed by atoms with Crippen molar-refractivity contribution in [3.05, 3.63) is 66.4 Å². The van der Waals surface area contributed by atoms with Crippen LogP contribution in [0.2, 0.25) is 0 Å². The van der Waals surface area contributed by atoms with Crippen molar-refractivity contribution in [1.82, 2.24) is 20.0 Å². The average molecular weight is 427 g/mol. The highest BCUT2D eigenvalue weighted by Crippen LogP contribution is 2.32. The molecule has 3 aromatic rings. The molecule has 0 spiro atoms. The van der Waals surface area contributed by atoms with Gasteiger partial charge in [-0.15, -0.1) is 12.4 Å². The van der Waals surface area contributed by atoms with Crippen LogP contribution >= 0.6 is 12.4 Å². The molecule has 4 rings (SSSR count). The Hall–Kier alpha value is -2.83. The maximum absolute atomic E-state index is 13.5. The molecular formula is C23H27ClN4O2. The van der Waals surface area contributed by atoms with Crippen molar-refractivity contribution in [2.75, 3.05) is 27.2 Å². The van der Waals surface area contributed by atoms with Crippen LogP contribution in [0.1, 0.15) is 23.2 Å². The summed E-state index contributed by atoms with van der Waals surface area (Å²) in [6.07, 6.45) is 3.92. The summed E-state index contributed by atoms with van der Waals surface area (Å²) in [5, 5.41) is 8.09. The van der Waals surface area contributed by atoms with Gasteiger partial charge in [0, 0.05) is 30.9 Å². The lowest BCUT2D eigenvalue weighted by Crippen LogP contribution is -2.47. The van der Waals surface area contributed by atoms with Crippen LogP contribution in [0.5, 0.6) is 5.75 Å². The highest BCUT2D eigenvalue weighted by molar-refractivity contribution is 6.00. The zero-order valence-electron chi connectivity index (χ0n) is 17.2. The van der Waals surface area contributed by atoms with Crippen molar-refractivity contribution < 1.29 is 9.53 Å². The molecule has 2 aromatic carbocycles. The summed E-state index contributed by atoms with van der Waals surface area (Å²) in [4.78, 5) is 15.4. The number of hydrogen-bond donors (Lipinski definition) is 1. The second-order valence-corrected chi connectivity index (χ2v) is 7.25. The van der Waals surface area contributed by atoms with Crippen LogP contribution in [-0.2, 0) is 0 Å². The van der Waals surface area contributed by atoms with Gasteiger partial charge in [-0.3, -0.25) is 4.79 Å². The van der Waals surface area contributed by atoms with E-state index in [9.17, 15) is 4.79 Å². The maximum atomic E-state index is 13.5. The van der Waals surface area contributed by atoms with E-state index in [1.54, 1.807) is 11.8 Å². The van der Waals surface area contributed by atoms with Gasteiger partial charge in [-0.2, -0.15) is 5.10 Å². The monoisotopic (exact) mass is 426 g/mol. The number of carbonyl (C=O) groups is 1. The van der Waals surface area contributed by atoms with Gasteiger partial charge in [-0.25, -0.2) is 4.68 Å². The van der Waals surface area contributed by atoms with Crippen LogP contribution in [0.4, 0.5) is 0 Å². The molecule has 1 amide bonds. The zero-order chi connectivity index (χ0) is 20.2. The van der Waals surface area contributed by atoms with Gasteiger partial charge in [0.05, 0.1) is 18.4 Å². The Morgan fingerprint density at radius 3 is 2.60 bits per heavy atom. The van der Waals surface area contributed by atoms with Crippen LogP contribution in [0, 0.1) is 0 Å². The molecule has 0 saturated carbocycles. The van der Waals surface area contributed by atoms with E-state index in [-0.39, 0.29) is 18.3 Å². The van der Waals surface area contributed by atoms with Crippen molar-refractivity contribution in [2.24, 2.45) is 0 Å². The van der Waals surface area contributed by atoms with Gasteiger partial charge >= 0.3 is 0 Å². The van der Waals surface area contributed by atoms with E-state index in [0.29, 0.717) is 29.6 Å². The molecule has 0 radical (unpaired) electrons. The number of aromatic nitrogens is 2. The number of likely N-dealkylation sites (tertiary alicyclic amines) is 1. The van der Waals surface area contributed by atoms with Crippen molar-refractivity contribution in [3.63, 3.8) is 0 Å². The molecule has 6 nitrogen and oxygen atoms in total. The molecule has 1 aliphatic heterocycles. The summed E-state index contributed by atoms with van der Waals surface area (Å²) in [5.74, 6) is 0.708. The number of amides is 1. The Balaban J connectivity index is 0.00000256. The number of likely N-dealkylation sites (N-methyl/N-ethyl adjacent to an activating group) is 1. The van der Waals surface area contributed by atoms with Crippen molar-refractivity contribution in [1.29, 1.82) is 0 Å². The maximum Gasteiger partial charge on any atom is 0.257 e. The third kappa shape index (κ3) is 4.35. The molecule has 30 heavy (non-hydrogen) atoms. The number of rotatable bonds is 5. The lowest BCUT2D eigenvalue weighted by atomic mass is 10.0. The van der Waals surface area contributed by atoms with Crippen LogP contribution in [0.25, 0.3) is 16.9 Å². The largest absolute Gasteiger partial charge is 0.496 e. The van der Waals surface area contributed by atoms with Gasteiger partial charge in [0.2, 0.25) is 0 Å². The molecule has 158 valence electrons. The first kappa shape index (κ1) is 21.9. The van der Waals surface area contributed by atoms with E-state index in [0.717, 1.165) is 30.6 Å². The van der Waals surface area contributed by atoms with Gasteiger partial charge in [0.15, 0.2) is 0 Å².